The lowest BCUT2D eigenvalue weighted by Gasteiger charge is -2.15. The summed E-state index contributed by atoms with van der Waals surface area (Å²) < 4.78 is 4.87. The lowest BCUT2D eigenvalue weighted by Crippen LogP contribution is -2.07. The van der Waals surface area contributed by atoms with Gasteiger partial charge in [0.1, 0.15) is 0 Å². The van der Waals surface area contributed by atoms with Gasteiger partial charge in [-0.3, -0.25) is 4.79 Å². The lowest BCUT2D eigenvalue weighted by molar-refractivity contribution is -0.140. The molecule has 0 aromatic heterocycles. The zero-order valence-corrected chi connectivity index (χ0v) is 9.30. The van der Waals surface area contributed by atoms with Crippen LogP contribution in [0.3, 0.4) is 0 Å². The number of rotatable bonds is 3. The summed E-state index contributed by atoms with van der Waals surface area (Å²) in [5.74, 6) is -0.226. The van der Waals surface area contributed by atoms with Crippen LogP contribution in [-0.4, -0.2) is 18.0 Å². The number of hydrogen-bond donors (Lipinski definition) is 0. The average Bonchev–Trinajstić information content (AvgIpc) is 2.01. The van der Waals surface area contributed by atoms with E-state index < -0.39 is 0 Å². The molecule has 78 valence electrons. The molecule has 14 heavy (non-hydrogen) atoms. The van der Waals surface area contributed by atoms with Crippen LogP contribution in [0.15, 0.2) is 23.3 Å². The van der Waals surface area contributed by atoms with Gasteiger partial charge in [-0.15, -0.1) is 11.6 Å². The third-order valence-corrected chi connectivity index (χ3v) is 2.34. The molecule has 0 bridgehead atoms. The molecule has 0 heterocycles. The minimum atomic E-state index is -0.226. The van der Waals surface area contributed by atoms with Crippen molar-refractivity contribution in [1.29, 1.82) is 0 Å². The van der Waals surface area contributed by atoms with Crippen molar-refractivity contribution >= 4 is 17.6 Å². The fourth-order valence-corrected chi connectivity index (χ4v) is 1.92. The SMILES string of the molecule is CC(=O)OCCC1=CC(C)=CC(Cl)C1. The Morgan fingerprint density at radius 3 is 3.00 bits per heavy atom. The molecule has 0 N–H and O–H groups in total. The predicted molar refractivity (Wildman–Crippen MR) is 57.3 cm³/mol. The molecule has 2 nitrogen and oxygen atoms in total. The lowest BCUT2D eigenvalue weighted by atomic mass is 9.98. The van der Waals surface area contributed by atoms with Gasteiger partial charge in [0.05, 0.1) is 12.0 Å². The second-order valence-corrected chi connectivity index (χ2v) is 4.08. The van der Waals surface area contributed by atoms with Gasteiger partial charge >= 0.3 is 5.97 Å². The number of esters is 1. The van der Waals surface area contributed by atoms with E-state index in [0.717, 1.165) is 12.8 Å². The third kappa shape index (κ3) is 3.97. The topological polar surface area (TPSA) is 26.3 Å². The van der Waals surface area contributed by atoms with Crippen LogP contribution >= 0.6 is 11.6 Å². The number of allylic oxidation sites excluding steroid dienone is 3. The Kier molecular flexibility index (Phi) is 4.21. The minimum absolute atomic E-state index is 0.0901. The summed E-state index contributed by atoms with van der Waals surface area (Å²) in [5.41, 5.74) is 2.44. The van der Waals surface area contributed by atoms with Crippen molar-refractivity contribution in [3.63, 3.8) is 0 Å². The highest BCUT2D eigenvalue weighted by Crippen LogP contribution is 2.23. The van der Waals surface area contributed by atoms with Gasteiger partial charge in [0.25, 0.3) is 0 Å². The second-order valence-electron chi connectivity index (χ2n) is 3.52. The van der Waals surface area contributed by atoms with Gasteiger partial charge < -0.3 is 4.74 Å². The molecule has 0 saturated carbocycles. The van der Waals surface area contributed by atoms with E-state index in [1.165, 1.54) is 18.1 Å². The van der Waals surface area contributed by atoms with E-state index in [-0.39, 0.29) is 11.3 Å². The molecule has 0 radical (unpaired) electrons. The summed E-state index contributed by atoms with van der Waals surface area (Å²) in [7, 11) is 0. The van der Waals surface area contributed by atoms with Gasteiger partial charge in [0, 0.05) is 13.3 Å². The van der Waals surface area contributed by atoms with Gasteiger partial charge in [0.15, 0.2) is 0 Å². The number of alkyl halides is 1. The van der Waals surface area contributed by atoms with Crippen LogP contribution in [0.25, 0.3) is 0 Å². The molecular weight excluding hydrogens is 200 g/mol. The molecule has 0 aromatic carbocycles. The molecule has 0 aromatic rings. The van der Waals surface area contributed by atoms with Crippen LogP contribution < -0.4 is 0 Å². The highest BCUT2D eigenvalue weighted by molar-refractivity contribution is 6.22. The van der Waals surface area contributed by atoms with Crippen LogP contribution in [-0.2, 0) is 9.53 Å². The van der Waals surface area contributed by atoms with Crippen LogP contribution in [0.5, 0.6) is 0 Å². The Bertz CT molecular complexity index is 279. The molecule has 3 heteroatoms. The standard InChI is InChI=1S/C11H15ClO2/c1-8-5-10(7-11(12)6-8)3-4-14-9(2)13/h5-6,11H,3-4,7H2,1-2H3. The van der Waals surface area contributed by atoms with Crippen molar-refractivity contribution < 1.29 is 9.53 Å². The monoisotopic (exact) mass is 214 g/mol. The molecule has 0 aliphatic heterocycles. The summed E-state index contributed by atoms with van der Waals surface area (Å²) in [6.07, 6.45) is 5.80. The third-order valence-electron chi connectivity index (χ3n) is 2.06. The molecule has 0 spiro atoms. The van der Waals surface area contributed by atoms with Crippen molar-refractivity contribution in [3.8, 4) is 0 Å². The Morgan fingerprint density at radius 2 is 2.43 bits per heavy atom. The zero-order valence-electron chi connectivity index (χ0n) is 8.55. The van der Waals surface area contributed by atoms with Gasteiger partial charge in [-0.2, -0.15) is 0 Å². The molecule has 1 rings (SSSR count). The van der Waals surface area contributed by atoms with Crippen LogP contribution in [0.1, 0.15) is 26.7 Å². The van der Waals surface area contributed by atoms with E-state index in [0.29, 0.717) is 6.61 Å². The molecule has 1 aliphatic carbocycles. The first-order valence-electron chi connectivity index (χ1n) is 4.73. The Labute approximate surface area is 89.6 Å². The molecule has 1 unspecified atom stereocenters. The van der Waals surface area contributed by atoms with Gasteiger partial charge in [0.2, 0.25) is 0 Å². The maximum absolute atomic E-state index is 10.5. The summed E-state index contributed by atoms with van der Waals surface area (Å²) in [5, 5.41) is 0.0901. The molecule has 0 fully saturated rings. The van der Waals surface area contributed by atoms with E-state index in [4.69, 9.17) is 16.3 Å². The predicted octanol–water partition coefficient (Wildman–Crippen LogP) is 2.82. The smallest absolute Gasteiger partial charge is 0.302 e. The maximum atomic E-state index is 10.5. The van der Waals surface area contributed by atoms with Crippen molar-refractivity contribution in [1.82, 2.24) is 0 Å². The first-order valence-corrected chi connectivity index (χ1v) is 5.17. The van der Waals surface area contributed by atoms with Gasteiger partial charge in [-0.25, -0.2) is 0 Å². The summed E-state index contributed by atoms with van der Waals surface area (Å²) in [6.45, 7) is 3.91. The Balaban J connectivity index is 2.38. The number of carbonyl (C=O) groups is 1. The van der Waals surface area contributed by atoms with E-state index in [9.17, 15) is 4.79 Å². The van der Waals surface area contributed by atoms with Crippen molar-refractivity contribution in [2.24, 2.45) is 0 Å². The van der Waals surface area contributed by atoms with E-state index in [2.05, 4.69) is 6.08 Å². The van der Waals surface area contributed by atoms with E-state index in [1.807, 2.05) is 13.0 Å². The normalized spacial score (nSPS) is 21.2. The zero-order chi connectivity index (χ0) is 10.6. The number of carbonyl (C=O) groups excluding carboxylic acids is 1. The molecule has 1 aliphatic rings. The van der Waals surface area contributed by atoms with Crippen LogP contribution in [0.2, 0.25) is 0 Å². The molecule has 1 atom stereocenters. The minimum Gasteiger partial charge on any atom is -0.466 e. The van der Waals surface area contributed by atoms with Crippen LogP contribution in [0.4, 0.5) is 0 Å². The van der Waals surface area contributed by atoms with Crippen molar-refractivity contribution in [2.75, 3.05) is 6.61 Å². The van der Waals surface area contributed by atoms with E-state index in [1.54, 1.807) is 0 Å². The van der Waals surface area contributed by atoms with Gasteiger partial charge in [-0.1, -0.05) is 23.3 Å². The van der Waals surface area contributed by atoms with Crippen LogP contribution in [0, 0.1) is 0 Å². The van der Waals surface area contributed by atoms with Crippen molar-refractivity contribution in [2.45, 2.75) is 32.1 Å². The second kappa shape index (κ2) is 5.20. The summed E-state index contributed by atoms with van der Waals surface area (Å²) in [6, 6.07) is 0. The number of halogens is 1. The Hall–Kier alpha value is -0.760. The molecule has 0 saturated heterocycles. The Morgan fingerprint density at radius 1 is 1.71 bits per heavy atom. The highest BCUT2D eigenvalue weighted by atomic mass is 35.5. The maximum Gasteiger partial charge on any atom is 0.302 e. The highest BCUT2D eigenvalue weighted by Gasteiger charge is 2.11. The fourth-order valence-electron chi connectivity index (χ4n) is 1.52. The fraction of sp³-hybridized carbons (Fsp3) is 0.545. The summed E-state index contributed by atoms with van der Waals surface area (Å²) in [4.78, 5) is 10.5. The quantitative estimate of drug-likeness (QED) is 0.534. The first kappa shape index (κ1) is 11.3. The van der Waals surface area contributed by atoms with E-state index >= 15 is 0 Å². The summed E-state index contributed by atoms with van der Waals surface area (Å²) >= 11 is 6.02. The van der Waals surface area contributed by atoms with Gasteiger partial charge in [-0.05, 0) is 13.3 Å². The molecule has 0 amide bonds. The molecular formula is C11H15ClO2. The van der Waals surface area contributed by atoms with Crippen molar-refractivity contribution in [3.05, 3.63) is 23.3 Å². The number of hydrogen-bond acceptors (Lipinski definition) is 2. The first-order chi connectivity index (χ1) is 6.58. The number of ether oxygens (including phenoxy) is 1. The average molecular weight is 215 g/mol. The largest absolute Gasteiger partial charge is 0.466 e.